The van der Waals surface area contributed by atoms with E-state index in [-0.39, 0.29) is 11.4 Å². The highest BCUT2D eigenvalue weighted by molar-refractivity contribution is 5.89. The van der Waals surface area contributed by atoms with E-state index in [1.165, 1.54) is 56.1 Å². The molecule has 1 saturated carbocycles. The summed E-state index contributed by atoms with van der Waals surface area (Å²) in [6.45, 7) is 6.93. The van der Waals surface area contributed by atoms with E-state index >= 15 is 0 Å². The molecular weight excluding hydrogens is 380 g/mol. The number of hydrogen-bond acceptors (Lipinski definition) is 2. The first-order valence-corrected chi connectivity index (χ1v) is 11.6. The zero-order valence-corrected chi connectivity index (χ0v) is 19.0. The number of allylic oxidation sites excluding steroid dienone is 2. The molecule has 0 aliphatic heterocycles. The molecule has 1 fully saturated rings. The van der Waals surface area contributed by atoms with Gasteiger partial charge in [0.05, 0.1) is 12.2 Å². The lowest BCUT2D eigenvalue weighted by Gasteiger charge is -2.36. The van der Waals surface area contributed by atoms with Gasteiger partial charge in [0.25, 0.3) is 0 Å². The van der Waals surface area contributed by atoms with Crippen LogP contribution in [0.15, 0.2) is 48.0 Å². The molecule has 0 bridgehead atoms. The van der Waals surface area contributed by atoms with E-state index < -0.39 is 0 Å². The molecule has 0 amide bonds. The van der Waals surface area contributed by atoms with E-state index in [4.69, 9.17) is 4.74 Å². The quantitative estimate of drug-likeness (QED) is 0.390. The monoisotopic (exact) mass is 412 g/mol. The minimum absolute atomic E-state index is 0.211. The number of benzene rings is 2. The molecule has 0 saturated heterocycles. The maximum Gasteiger partial charge on any atom is 0.338 e. The van der Waals surface area contributed by atoms with Gasteiger partial charge in [-0.3, -0.25) is 0 Å². The minimum Gasteiger partial charge on any atom is -0.462 e. The van der Waals surface area contributed by atoms with Crippen molar-refractivity contribution in [1.29, 1.82) is 0 Å². The highest BCUT2D eigenvalue weighted by atomic mass is 16.5. The van der Waals surface area contributed by atoms with Crippen molar-refractivity contribution in [2.75, 3.05) is 6.61 Å². The van der Waals surface area contributed by atoms with Gasteiger partial charge in [0.15, 0.2) is 0 Å². The first-order chi connectivity index (χ1) is 15.0. The predicted molar refractivity (Wildman–Crippen MR) is 127 cm³/mol. The fraction of sp³-hybridized carbons (Fsp3) is 0.414. The van der Waals surface area contributed by atoms with Crippen LogP contribution >= 0.6 is 0 Å². The minimum atomic E-state index is -0.289. The molecular formula is C29H32O2. The van der Waals surface area contributed by atoms with Crippen molar-refractivity contribution in [3.05, 3.63) is 75.9 Å². The van der Waals surface area contributed by atoms with Crippen molar-refractivity contribution in [2.24, 2.45) is 0 Å². The van der Waals surface area contributed by atoms with E-state index in [9.17, 15) is 4.79 Å². The summed E-state index contributed by atoms with van der Waals surface area (Å²) in [5.41, 5.74) is 8.90. The summed E-state index contributed by atoms with van der Waals surface area (Å²) in [5, 5.41) is 0. The maximum absolute atomic E-state index is 11.8. The number of hydrogen-bond donors (Lipinski definition) is 0. The Kier molecular flexibility index (Phi) is 6.33. The Hall–Kier alpha value is -2.79. The standard InChI is InChI=1S/C29H32O2/c1-4-31-28(30)24-15-12-21(13-16-24)10-11-22-14-17-27-26(20-22)25(18-19-29(27,2)3)23-8-6-5-7-9-23/h12-17,20H,4-9,18-19H2,1-3H3. The number of rotatable bonds is 2. The Morgan fingerprint density at radius 1 is 0.935 bits per heavy atom. The molecule has 31 heavy (non-hydrogen) atoms. The van der Waals surface area contributed by atoms with Gasteiger partial charge in [-0.2, -0.15) is 0 Å². The molecule has 0 atom stereocenters. The lowest BCUT2D eigenvalue weighted by atomic mass is 9.69. The molecule has 2 heteroatoms. The van der Waals surface area contributed by atoms with Crippen LogP contribution in [0.2, 0.25) is 0 Å². The summed E-state index contributed by atoms with van der Waals surface area (Å²) in [4.78, 5) is 11.8. The first-order valence-electron chi connectivity index (χ1n) is 11.6. The smallest absolute Gasteiger partial charge is 0.338 e. The maximum atomic E-state index is 11.8. The number of ether oxygens (including phenoxy) is 1. The molecule has 2 nitrogen and oxygen atoms in total. The summed E-state index contributed by atoms with van der Waals surface area (Å²) in [6.07, 6.45) is 8.96. The fourth-order valence-electron chi connectivity index (χ4n) is 4.86. The summed E-state index contributed by atoms with van der Waals surface area (Å²) in [6, 6.07) is 14.1. The van der Waals surface area contributed by atoms with Gasteiger partial charge in [-0.25, -0.2) is 4.79 Å². The normalized spacial score (nSPS) is 17.4. The average Bonchev–Trinajstić information content (AvgIpc) is 2.79. The first kappa shape index (κ1) is 21.4. The molecule has 0 unspecified atom stereocenters. The van der Waals surface area contributed by atoms with Crippen LogP contribution < -0.4 is 0 Å². The van der Waals surface area contributed by atoms with Crippen LogP contribution in [0.4, 0.5) is 0 Å². The summed E-state index contributed by atoms with van der Waals surface area (Å²) in [7, 11) is 0. The van der Waals surface area contributed by atoms with E-state index in [0.717, 1.165) is 11.1 Å². The zero-order chi connectivity index (χ0) is 21.8. The molecule has 4 rings (SSSR count). The van der Waals surface area contributed by atoms with Gasteiger partial charge >= 0.3 is 5.97 Å². The zero-order valence-electron chi connectivity index (χ0n) is 19.0. The highest BCUT2D eigenvalue weighted by Gasteiger charge is 2.31. The van der Waals surface area contributed by atoms with E-state index in [2.05, 4.69) is 43.9 Å². The van der Waals surface area contributed by atoms with Crippen LogP contribution in [0.5, 0.6) is 0 Å². The van der Waals surface area contributed by atoms with Crippen LogP contribution in [0.1, 0.15) is 98.3 Å². The highest BCUT2D eigenvalue weighted by Crippen LogP contribution is 2.45. The lowest BCUT2D eigenvalue weighted by Crippen LogP contribution is -2.24. The SMILES string of the molecule is CCOC(=O)c1ccc(C#Cc2ccc3c(c2)C(=C2CCCCC2)CCC3(C)C)cc1. The van der Waals surface area contributed by atoms with Crippen molar-refractivity contribution in [3.63, 3.8) is 0 Å². The van der Waals surface area contributed by atoms with Crippen molar-refractivity contribution in [3.8, 4) is 11.8 Å². The number of fused-ring (bicyclic) bond motifs is 1. The van der Waals surface area contributed by atoms with Gasteiger partial charge in [0, 0.05) is 11.1 Å². The molecule has 0 heterocycles. The van der Waals surface area contributed by atoms with Crippen LogP contribution in [-0.2, 0) is 10.2 Å². The van der Waals surface area contributed by atoms with Crippen molar-refractivity contribution in [1.82, 2.24) is 0 Å². The van der Waals surface area contributed by atoms with Gasteiger partial charge in [-0.1, -0.05) is 43.7 Å². The summed E-state index contributed by atoms with van der Waals surface area (Å²) in [5.74, 6) is 6.32. The third-order valence-corrected chi connectivity index (χ3v) is 6.70. The summed E-state index contributed by atoms with van der Waals surface area (Å²) >= 11 is 0. The Balaban J connectivity index is 1.64. The predicted octanol–water partition coefficient (Wildman–Crippen LogP) is 7.05. The number of carbonyl (C=O) groups excluding carboxylic acids is 1. The Morgan fingerprint density at radius 2 is 1.61 bits per heavy atom. The van der Waals surface area contributed by atoms with Gasteiger partial charge in [-0.05, 0) is 104 Å². The molecule has 2 aliphatic rings. The molecule has 0 N–H and O–H groups in total. The number of carbonyl (C=O) groups is 1. The van der Waals surface area contributed by atoms with Gasteiger partial charge < -0.3 is 4.74 Å². The molecule has 2 aliphatic carbocycles. The van der Waals surface area contributed by atoms with Crippen LogP contribution in [0.25, 0.3) is 5.57 Å². The Morgan fingerprint density at radius 3 is 2.32 bits per heavy atom. The largest absolute Gasteiger partial charge is 0.462 e. The van der Waals surface area contributed by atoms with Gasteiger partial charge in [0.2, 0.25) is 0 Å². The third-order valence-electron chi connectivity index (χ3n) is 6.70. The average molecular weight is 413 g/mol. The van der Waals surface area contributed by atoms with E-state index in [1.807, 2.05) is 19.1 Å². The fourth-order valence-corrected chi connectivity index (χ4v) is 4.86. The number of esters is 1. The van der Waals surface area contributed by atoms with E-state index in [1.54, 1.807) is 23.3 Å². The Bertz CT molecular complexity index is 1050. The van der Waals surface area contributed by atoms with Gasteiger partial charge in [0.1, 0.15) is 0 Å². The molecule has 2 aromatic rings. The van der Waals surface area contributed by atoms with Crippen molar-refractivity contribution >= 4 is 11.5 Å². The summed E-state index contributed by atoms with van der Waals surface area (Å²) < 4.78 is 5.05. The lowest BCUT2D eigenvalue weighted by molar-refractivity contribution is 0.0526. The van der Waals surface area contributed by atoms with Crippen molar-refractivity contribution in [2.45, 2.75) is 71.1 Å². The van der Waals surface area contributed by atoms with Crippen LogP contribution in [-0.4, -0.2) is 12.6 Å². The second-order valence-corrected chi connectivity index (χ2v) is 9.33. The second kappa shape index (κ2) is 9.15. The molecule has 0 radical (unpaired) electrons. The molecule has 0 spiro atoms. The van der Waals surface area contributed by atoms with Crippen LogP contribution in [0.3, 0.4) is 0 Å². The third kappa shape index (κ3) is 4.77. The topological polar surface area (TPSA) is 26.3 Å². The molecule has 160 valence electrons. The molecule has 0 aromatic heterocycles. The Labute approximate surface area is 186 Å². The second-order valence-electron chi connectivity index (χ2n) is 9.33. The molecule has 2 aromatic carbocycles. The van der Waals surface area contributed by atoms with Gasteiger partial charge in [-0.15, -0.1) is 0 Å². The van der Waals surface area contributed by atoms with Crippen LogP contribution in [0, 0.1) is 11.8 Å². The van der Waals surface area contributed by atoms with Crippen molar-refractivity contribution < 1.29 is 9.53 Å². The van der Waals surface area contributed by atoms with E-state index in [0.29, 0.717) is 12.2 Å².